The van der Waals surface area contributed by atoms with Gasteiger partial charge in [0, 0.05) is 24.3 Å². The first kappa shape index (κ1) is 23.7. The predicted molar refractivity (Wildman–Crippen MR) is 134 cm³/mol. The van der Waals surface area contributed by atoms with Gasteiger partial charge in [-0.25, -0.2) is 9.18 Å². The van der Waals surface area contributed by atoms with Gasteiger partial charge >= 0.3 is 6.09 Å². The SMILES string of the molecule is N#CCc1ccc(F)c(C2(O)CC3COCC(C2)N3C(=O)OCC2c3ccccc3-c3ccccc32)c1. The molecule has 1 amide bonds. The van der Waals surface area contributed by atoms with Crippen molar-refractivity contribution in [2.45, 2.75) is 42.9 Å². The molecule has 2 atom stereocenters. The fourth-order valence-corrected chi connectivity index (χ4v) is 6.29. The number of nitriles is 1. The van der Waals surface area contributed by atoms with Crippen molar-refractivity contribution in [2.24, 2.45) is 0 Å². The highest BCUT2D eigenvalue weighted by atomic mass is 19.1. The molecule has 3 aromatic carbocycles. The first-order valence-corrected chi connectivity index (χ1v) is 12.6. The summed E-state index contributed by atoms with van der Waals surface area (Å²) in [6, 6.07) is 21.9. The summed E-state index contributed by atoms with van der Waals surface area (Å²) in [5.74, 6) is -0.566. The number of carbonyl (C=O) groups excluding carboxylic acids is 1. The van der Waals surface area contributed by atoms with Crippen LogP contribution in [0.15, 0.2) is 66.7 Å². The van der Waals surface area contributed by atoms with E-state index in [0.717, 1.165) is 22.3 Å². The maximum absolute atomic E-state index is 14.8. The van der Waals surface area contributed by atoms with Gasteiger partial charge in [-0.2, -0.15) is 5.26 Å². The highest BCUT2D eigenvalue weighted by molar-refractivity contribution is 5.79. The summed E-state index contributed by atoms with van der Waals surface area (Å²) < 4.78 is 26.4. The standard InChI is InChI=1S/C30H27FN2O4/c31-28-10-9-19(11-12-32)13-27(28)30(35)14-20-16-36-17-21(15-30)33(20)29(34)37-18-26-24-7-3-1-5-22(24)23-6-2-4-8-25(23)26/h1-10,13,20-21,26,35H,11,14-18H2. The molecule has 1 aliphatic carbocycles. The molecule has 2 aliphatic heterocycles. The Morgan fingerprint density at radius 2 is 1.68 bits per heavy atom. The molecule has 6 rings (SSSR count). The Balaban J connectivity index is 1.21. The molecule has 188 valence electrons. The highest BCUT2D eigenvalue weighted by Gasteiger charge is 2.50. The summed E-state index contributed by atoms with van der Waals surface area (Å²) >= 11 is 0. The van der Waals surface area contributed by atoms with Crippen LogP contribution in [-0.4, -0.2) is 48.0 Å². The minimum absolute atomic E-state index is 0.0499. The second-order valence-corrected chi connectivity index (χ2v) is 10.1. The number of ether oxygens (including phenoxy) is 2. The molecule has 7 heteroatoms. The third-order valence-corrected chi connectivity index (χ3v) is 7.92. The van der Waals surface area contributed by atoms with E-state index >= 15 is 0 Å². The number of halogens is 1. The lowest BCUT2D eigenvalue weighted by Crippen LogP contribution is -2.62. The topological polar surface area (TPSA) is 82.8 Å². The molecule has 2 bridgehead atoms. The molecule has 0 aromatic heterocycles. The quantitative estimate of drug-likeness (QED) is 0.554. The molecule has 2 saturated heterocycles. The molecule has 1 N–H and O–H groups in total. The third-order valence-electron chi connectivity index (χ3n) is 7.92. The molecule has 0 spiro atoms. The van der Waals surface area contributed by atoms with Gasteiger partial charge in [0.1, 0.15) is 12.4 Å². The summed E-state index contributed by atoms with van der Waals surface area (Å²) in [6.45, 7) is 0.684. The largest absolute Gasteiger partial charge is 0.448 e. The zero-order chi connectivity index (χ0) is 25.6. The number of rotatable bonds is 4. The van der Waals surface area contributed by atoms with E-state index in [1.165, 1.54) is 6.07 Å². The average molecular weight is 499 g/mol. The van der Waals surface area contributed by atoms with Gasteiger partial charge in [-0.05, 0) is 39.9 Å². The summed E-state index contributed by atoms with van der Waals surface area (Å²) in [4.78, 5) is 15.1. The van der Waals surface area contributed by atoms with Crippen molar-refractivity contribution < 1.29 is 23.8 Å². The fourth-order valence-electron chi connectivity index (χ4n) is 6.29. The van der Waals surface area contributed by atoms with Crippen molar-refractivity contribution in [3.63, 3.8) is 0 Å². The fraction of sp³-hybridized carbons (Fsp3) is 0.333. The molecule has 2 fully saturated rings. The van der Waals surface area contributed by atoms with Gasteiger partial charge in [-0.1, -0.05) is 54.6 Å². The molecule has 3 aromatic rings. The van der Waals surface area contributed by atoms with Crippen LogP contribution in [0.25, 0.3) is 11.1 Å². The number of morpholine rings is 1. The Labute approximate surface area is 214 Å². The average Bonchev–Trinajstić information content (AvgIpc) is 3.21. The lowest BCUT2D eigenvalue weighted by molar-refractivity contribution is -0.137. The van der Waals surface area contributed by atoms with Gasteiger partial charge in [0.05, 0.1) is 43.4 Å². The molecule has 2 unspecified atom stereocenters. The Morgan fingerprint density at radius 1 is 1.05 bits per heavy atom. The summed E-state index contributed by atoms with van der Waals surface area (Å²) in [5, 5.41) is 20.6. The second kappa shape index (κ2) is 9.29. The van der Waals surface area contributed by atoms with E-state index in [9.17, 15) is 14.3 Å². The lowest BCUT2D eigenvalue weighted by Gasteiger charge is -2.51. The van der Waals surface area contributed by atoms with Crippen LogP contribution in [0.4, 0.5) is 9.18 Å². The Bertz CT molecular complexity index is 1340. The molecular formula is C30H27FN2O4. The van der Waals surface area contributed by atoms with Gasteiger partial charge in [-0.3, -0.25) is 4.90 Å². The minimum Gasteiger partial charge on any atom is -0.448 e. The Morgan fingerprint density at radius 3 is 2.30 bits per heavy atom. The monoisotopic (exact) mass is 498 g/mol. The van der Waals surface area contributed by atoms with Crippen molar-refractivity contribution in [1.82, 2.24) is 4.90 Å². The smallest absolute Gasteiger partial charge is 0.410 e. The second-order valence-electron chi connectivity index (χ2n) is 10.1. The molecule has 37 heavy (non-hydrogen) atoms. The van der Waals surface area contributed by atoms with Crippen LogP contribution in [0.2, 0.25) is 0 Å². The number of nitrogens with zero attached hydrogens (tertiary/aromatic N) is 2. The van der Waals surface area contributed by atoms with E-state index in [0.29, 0.717) is 5.56 Å². The van der Waals surface area contributed by atoms with Gasteiger partial charge in [0.2, 0.25) is 0 Å². The number of aliphatic hydroxyl groups is 1. The minimum atomic E-state index is -1.46. The summed E-state index contributed by atoms with van der Waals surface area (Å²) in [6.07, 6.45) is -0.0622. The van der Waals surface area contributed by atoms with Gasteiger partial charge in [0.25, 0.3) is 0 Å². The third kappa shape index (κ3) is 4.07. The molecule has 3 aliphatic rings. The van der Waals surface area contributed by atoms with Gasteiger partial charge in [0.15, 0.2) is 0 Å². The number of hydrogen-bond acceptors (Lipinski definition) is 5. The van der Waals surface area contributed by atoms with E-state index in [2.05, 4.69) is 30.3 Å². The normalized spacial score (nSPS) is 24.2. The molecule has 6 nitrogen and oxygen atoms in total. The molecule has 0 saturated carbocycles. The zero-order valence-electron chi connectivity index (χ0n) is 20.3. The predicted octanol–water partition coefficient (Wildman–Crippen LogP) is 4.89. The van der Waals surface area contributed by atoms with E-state index in [1.54, 1.807) is 17.0 Å². The van der Waals surface area contributed by atoms with Crippen molar-refractivity contribution in [3.05, 3.63) is 94.8 Å². The van der Waals surface area contributed by atoms with Crippen LogP contribution in [0, 0.1) is 17.1 Å². The van der Waals surface area contributed by atoms with Crippen molar-refractivity contribution in [1.29, 1.82) is 5.26 Å². The van der Waals surface area contributed by atoms with Gasteiger partial charge in [-0.15, -0.1) is 0 Å². The van der Waals surface area contributed by atoms with Crippen molar-refractivity contribution in [2.75, 3.05) is 19.8 Å². The number of benzene rings is 3. The van der Waals surface area contributed by atoms with Crippen LogP contribution in [0.5, 0.6) is 0 Å². The first-order chi connectivity index (χ1) is 18.0. The Hall–Kier alpha value is -3.73. The van der Waals surface area contributed by atoms with E-state index in [1.807, 2.05) is 24.3 Å². The van der Waals surface area contributed by atoms with E-state index < -0.39 is 29.6 Å². The first-order valence-electron chi connectivity index (χ1n) is 12.6. The molecule has 0 radical (unpaired) electrons. The van der Waals surface area contributed by atoms with Crippen LogP contribution in [0.1, 0.15) is 41.0 Å². The maximum Gasteiger partial charge on any atom is 0.410 e. The summed E-state index contributed by atoms with van der Waals surface area (Å²) in [5.41, 5.74) is 3.95. The lowest BCUT2D eigenvalue weighted by atomic mass is 9.76. The van der Waals surface area contributed by atoms with Crippen LogP contribution < -0.4 is 0 Å². The van der Waals surface area contributed by atoms with E-state index in [-0.39, 0.29) is 50.6 Å². The number of piperidine rings is 1. The number of carbonyl (C=O) groups is 1. The van der Waals surface area contributed by atoms with Crippen LogP contribution in [-0.2, 0) is 21.5 Å². The Kier molecular flexibility index (Phi) is 5.94. The number of hydrogen-bond donors (Lipinski definition) is 1. The van der Waals surface area contributed by atoms with E-state index in [4.69, 9.17) is 14.7 Å². The van der Waals surface area contributed by atoms with Crippen molar-refractivity contribution >= 4 is 6.09 Å². The zero-order valence-corrected chi connectivity index (χ0v) is 20.3. The van der Waals surface area contributed by atoms with Crippen molar-refractivity contribution in [3.8, 4) is 17.2 Å². The molecular weight excluding hydrogens is 471 g/mol. The highest BCUT2D eigenvalue weighted by Crippen LogP contribution is 2.45. The maximum atomic E-state index is 14.8. The summed E-state index contributed by atoms with van der Waals surface area (Å²) in [7, 11) is 0. The number of fused-ring (bicyclic) bond motifs is 5. The number of amides is 1. The van der Waals surface area contributed by atoms with Crippen LogP contribution in [0.3, 0.4) is 0 Å². The van der Waals surface area contributed by atoms with Gasteiger partial charge < -0.3 is 14.6 Å². The molecule has 2 heterocycles. The van der Waals surface area contributed by atoms with Crippen LogP contribution >= 0.6 is 0 Å².